The lowest BCUT2D eigenvalue weighted by atomic mass is 10.0. The topological polar surface area (TPSA) is 127 Å². The number of anilines is 2. The Morgan fingerprint density at radius 3 is 2.15 bits per heavy atom. The van der Waals surface area contributed by atoms with E-state index in [0.717, 1.165) is 6.07 Å². The first-order valence-electron chi connectivity index (χ1n) is 11.8. The molecule has 3 aromatic carbocycles. The van der Waals surface area contributed by atoms with Crippen LogP contribution in [0.5, 0.6) is 17.2 Å². The standard InChI is InChI=1S/C28H21F2N3O6/c1-38-24-14-21-18(13-19(24)25(34)35)22(8-11-31-21)39-23-7-6-17(12-20(23)30)33-27(37)28(9-10-28)26(36)32-16-4-2-15(29)3-5-16/h2-8,11-14H,9-10H2,1H3,(H,32,36)(H,33,37)(H,34,35). The van der Waals surface area contributed by atoms with Gasteiger partial charge in [0.1, 0.15) is 28.3 Å². The van der Waals surface area contributed by atoms with Crippen LogP contribution in [0.15, 0.2) is 66.9 Å². The quantitative estimate of drug-likeness (QED) is 0.260. The van der Waals surface area contributed by atoms with Crippen molar-refractivity contribution in [2.24, 2.45) is 5.41 Å². The number of halogens is 2. The van der Waals surface area contributed by atoms with E-state index in [0.29, 0.717) is 29.4 Å². The number of carboxylic acids is 1. The molecule has 0 atom stereocenters. The molecular formula is C28H21F2N3O6. The van der Waals surface area contributed by atoms with Gasteiger partial charge in [-0.25, -0.2) is 13.6 Å². The van der Waals surface area contributed by atoms with Crippen LogP contribution in [-0.2, 0) is 9.59 Å². The number of nitrogens with zero attached hydrogens (tertiary/aromatic N) is 1. The molecule has 4 aromatic rings. The number of aromatic nitrogens is 1. The molecule has 5 rings (SSSR count). The van der Waals surface area contributed by atoms with Crippen LogP contribution in [-0.4, -0.2) is 35.0 Å². The van der Waals surface area contributed by atoms with Crippen molar-refractivity contribution in [3.63, 3.8) is 0 Å². The molecule has 1 heterocycles. The van der Waals surface area contributed by atoms with Gasteiger partial charge >= 0.3 is 5.97 Å². The normalized spacial score (nSPS) is 13.4. The molecule has 1 saturated carbocycles. The van der Waals surface area contributed by atoms with Crippen LogP contribution >= 0.6 is 0 Å². The zero-order valence-corrected chi connectivity index (χ0v) is 20.5. The number of aromatic carboxylic acids is 1. The number of amides is 2. The number of benzene rings is 3. The molecule has 1 aromatic heterocycles. The van der Waals surface area contributed by atoms with E-state index in [-0.39, 0.29) is 28.5 Å². The van der Waals surface area contributed by atoms with E-state index in [1.807, 2.05) is 0 Å². The lowest BCUT2D eigenvalue weighted by Gasteiger charge is -2.16. The van der Waals surface area contributed by atoms with Gasteiger partial charge in [-0.15, -0.1) is 0 Å². The van der Waals surface area contributed by atoms with Crippen molar-refractivity contribution in [1.29, 1.82) is 0 Å². The summed E-state index contributed by atoms with van der Waals surface area (Å²) in [5, 5.41) is 15.0. The number of methoxy groups -OCH3 is 1. The molecule has 0 unspecified atom stereocenters. The van der Waals surface area contributed by atoms with E-state index >= 15 is 0 Å². The molecule has 0 spiro atoms. The van der Waals surface area contributed by atoms with E-state index in [4.69, 9.17) is 9.47 Å². The van der Waals surface area contributed by atoms with Crippen molar-refractivity contribution in [3.05, 3.63) is 84.1 Å². The van der Waals surface area contributed by atoms with Crippen molar-refractivity contribution >= 4 is 40.1 Å². The van der Waals surface area contributed by atoms with Crippen LogP contribution in [0.2, 0.25) is 0 Å². The number of rotatable bonds is 8. The average molecular weight is 533 g/mol. The number of carbonyl (C=O) groups is 3. The Morgan fingerprint density at radius 1 is 0.872 bits per heavy atom. The molecule has 0 aliphatic heterocycles. The lowest BCUT2D eigenvalue weighted by Crippen LogP contribution is -2.35. The number of hydrogen-bond donors (Lipinski definition) is 3. The Kier molecular flexibility index (Phi) is 6.57. The molecule has 1 aliphatic rings. The molecule has 11 heteroatoms. The number of pyridine rings is 1. The lowest BCUT2D eigenvalue weighted by molar-refractivity contribution is -0.131. The predicted molar refractivity (Wildman–Crippen MR) is 137 cm³/mol. The van der Waals surface area contributed by atoms with E-state index < -0.39 is 34.8 Å². The molecule has 9 nitrogen and oxygen atoms in total. The molecular weight excluding hydrogens is 512 g/mol. The van der Waals surface area contributed by atoms with Gasteiger partial charge in [0.2, 0.25) is 11.8 Å². The van der Waals surface area contributed by atoms with E-state index in [1.54, 1.807) is 0 Å². The van der Waals surface area contributed by atoms with Crippen molar-refractivity contribution in [1.82, 2.24) is 4.98 Å². The highest BCUT2D eigenvalue weighted by atomic mass is 19.1. The minimum atomic E-state index is -1.31. The van der Waals surface area contributed by atoms with Crippen LogP contribution in [0.4, 0.5) is 20.2 Å². The highest BCUT2D eigenvalue weighted by molar-refractivity contribution is 6.16. The second kappa shape index (κ2) is 10.0. The molecule has 1 fully saturated rings. The summed E-state index contributed by atoms with van der Waals surface area (Å²) in [6.45, 7) is 0. The maximum atomic E-state index is 15.0. The van der Waals surface area contributed by atoms with Gasteiger partial charge in [0.05, 0.1) is 12.6 Å². The first-order valence-corrected chi connectivity index (χ1v) is 11.8. The summed E-state index contributed by atoms with van der Waals surface area (Å²) in [5.41, 5.74) is -0.571. The van der Waals surface area contributed by atoms with Crippen LogP contribution in [0, 0.1) is 17.0 Å². The predicted octanol–water partition coefficient (Wildman–Crippen LogP) is 5.37. The molecule has 1 aliphatic carbocycles. The molecule has 3 N–H and O–H groups in total. The summed E-state index contributed by atoms with van der Waals surface area (Å²) in [6, 6.07) is 13.2. The van der Waals surface area contributed by atoms with Crippen LogP contribution in [0.3, 0.4) is 0 Å². The molecule has 198 valence electrons. The van der Waals surface area contributed by atoms with Gasteiger partial charge in [-0.3, -0.25) is 14.6 Å². The number of carboxylic acid groups (broad SMARTS) is 1. The van der Waals surface area contributed by atoms with Gasteiger partial charge < -0.3 is 25.2 Å². The molecule has 0 bridgehead atoms. The maximum Gasteiger partial charge on any atom is 0.339 e. The fraction of sp³-hybridized carbons (Fsp3) is 0.143. The Labute approximate surface area is 220 Å². The summed E-state index contributed by atoms with van der Waals surface area (Å²) in [6.07, 6.45) is 2.05. The first-order chi connectivity index (χ1) is 18.7. The third-order valence-corrected chi connectivity index (χ3v) is 6.38. The third-order valence-electron chi connectivity index (χ3n) is 6.38. The van der Waals surface area contributed by atoms with Gasteiger partial charge in [0, 0.05) is 35.1 Å². The van der Waals surface area contributed by atoms with Gasteiger partial charge in [0.25, 0.3) is 0 Å². The van der Waals surface area contributed by atoms with Gasteiger partial charge in [-0.1, -0.05) is 0 Å². The van der Waals surface area contributed by atoms with Crippen molar-refractivity contribution in [2.45, 2.75) is 12.8 Å². The monoisotopic (exact) mass is 533 g/mol. The number of fused-ring (bicyclic) bond motifs is 1. The molecule has 0 saturated heterocycles. The number of hydrogen-bond acceptors (Lipinski definition) is 6. The average Bonchev–Trinajstić information content (AvgIpc) is 3.73. The summed E-state index contributed by atoms with van der Waals surface area (Å²) in [7, 11) is 1.34. The summed E-state index contributed by atoms with van der Waals surface area (Å²) < 4.78 is 39.0. The Hall–Kier alpha value is -5.06. The van der Waals surface area contributed by atoms with E-state index in [9.17, 15) is 28.3 Å². The third kappa shape index (κ3) is 5.06. The van der Waals surface area contributed by atoms with Gasteiger partial charge in [-0.05, 0) is 61.4 Å². The van der Waals surface area contributed by atoms with Crippen molar-refractivity contribution < 1.29 is 37.7 Å². The molecule has 39 heavy (non-hydrogen) atoms. The Morgan fingerprint density at radius 2 is 1.54 bits per heavy atom. The minimum absolute atomic E-state index is 0.112. The zero-order chi connectivity index (χ0) is 27.7. The fourth-order valence-corrected chi connectivity index (χ4v) is 4.07. The minimum Gasteiger partial charge on any atom is -0.496 e. The van der Waals surface area contributed by atoms with Crippen LogP contribution in [0.1, 0.15) is 23.2 Å². The Bertz CT molecular complexity index is 1620. The van der Waals surface area contributed by atoms with E-state index in [2.05, 4.69) is 15.6 Å². The highest BCUT2D eigenvalue weighted by Gasteiger charge is 2.56. The first kappa shape index (κ1) is 25.6. The SMILES string of the molecule is COc1cc2nccc(Oc3ccc(NC(=O)C4(C(=O)Nc5ccc(F)cc5)CC4)cc3F)c2cc1C(=O)O. The van der Waals surface area contributed by atoms with Crippen molar-refractivity contribution in [3.8, 4) is 17.2 Å². The second-order valence-corrected chi connectivity index (χ2v) is 8.93. The summed E-state index contributed by atoms with van der Waals surface area (Å²) in [5.74, 6) is -3.49. The number of nitrogens with one attached hydrogen (secondary N) is 2. The maximum absolute atomic E-state index is 15.0. The summed E-state index contributed by atoms with van der Waals surface area (Å²) in [4.78, 5) is 41.5. The Balaban J connectivity index is 1.32. The molecule has 0 radical (unpaired) electrons. The zero-order valence-electron chi connectivity index (χ0n) is 20.5. The largest absolute Gasteiger partial charge is 0.496 e. The number of carbonyl (C=O) groups excluding carboxylic acids is 2. The van der Waals surface area contributed by atoms with Crippen molar-refractivity contribution in [2.75, 3.05) is 17.7 Å². The van der Waals surface area contributed by atoms with Crippen LogP contribution in [0.25, 0.3) is 10.9 Å². The number of ether oxygens (including phenoxy) is 2. The van der Waals surface area contributed by atoms with Gasteiger partial charge in [0.15, 0.2) is 11.6 Å². The van der Waals surface area contributed by atoms with Gasteiger partial charge in [-0.2, -0.15) is 0 Å². The highest BCUT2D eigenvalue weighted by Crippen LogP contribution is 2.47. The van der Waals surface area contributed by atoms with Crippen LogP contribution < -0.4 is 20.1 Å². The second-order valence-electron chi connectivity index (χ2n) is 8.93. The van der Waals surface area contributed by atoms with E-state index in [1.165, 1.54) is 67.9 Å². The summed E-state index contributed by atoms with van der Waals surface area (Å²) >= 11 is 0. The molecule has 2 amide bonds. The smallest absolute Gasteiger partial charge is 0.339 e. The fourth-order valence-electron chi connectivity index (χ4n) is 4.07.